The number of morpholine rings is 1. The molecule has 0 aliphatic carbocycles. The fraction of sp³-hybridized carbons (Fsp3) is 0.417. The zero-order valence-electron chi connectivity index (χ0n) is 9.64. The van der Waals surface area contributed by atoms with E-state index in [1.165, 1.54) is 7.11 Å². The van der Waals surface area contributed by atoms with Crippen molar-refractivity contribution in [1.82, 2.24) is 5.32 Å². The predicted octanol–water partition coefficient (Wildman–Crippen LogP) is 1.56. The largest absolute Gasteiger partial charge is 0.465 e. The lowest BCUT2D eigenvalue weighted by molar-refractivity contribution is 0.0599. The van der Waals surface area contributed by atoms with Crippen LogP contribution in [0.25, 0.3) is 0 Å². The SMILES string of the molecule is COC(=O)c1cccc([C@@H]2COCCN2)c1.Cl. The van der Waals surface area contributed by atoms with Crippen molar-refractivity contribution in [3.63, 3.8) is 0 Å². The minimum Gasteiger partial charge on any atom is -0.465 e. The van der Waals surface area contributed by atoms with Gasteiger partial charge in [0.1, 0.15) is 0 Å². The molecule has 0 spiro atoms. The van der Waals surface area contributed by atoms with Crippen molar-refractivity contribution >= 4 is 18.4 Å². The van der Waals surface area contributed by atoms with Crippen molar-refractivity contribution in [1.29, 1.82) is 0 Å². The lowest BCUT2D eigenvalue weighted by Gasteiger charge is -2.24. The summed E-state index contributed by atoms with van der Waals surface area (Å²) in [5.41, 5.74) is 1.63. The molecule has 1 fully saturated rings. The van der Waals surface area contributed by atoms with Gasteiger partial charge < -0.3 is 14.8 Å². The molecule has 1 aliphatic rings. The van der Waals surface area contributed by atoms with Gasteiger partial charge in [-0.15, -0.1) is 12.4 Å². The Kier molecular flexibility index (Phi) is 5.41. The van der Waals surface area contributed by atoms with Gasteiger partial charge in [0.05, 0.1) is 31.9 Å². The van der Waals surface area contributed by atoms with Gasteiger partial charge >= 0.3 is 5.97 Å². The second kappa shape index (κ2) is 6.59. The van der Waals surface area contributed by atoms with E-state index in [0.29, 0.717) is 12.2 Å². The molecule has 1 aliphatic heterocycles. The normalized spacial score (nSPS) is 19.2. The fourth-order valence-electron chi connectivity index (χ4n) is 1.78. The summed E-state index contributed by atoms with van der Waals surface area (Å²) in [7, 11) is 1.39. The van der Waals surface area contributed by atoms with Crippen LogP contribution in [0.2, 0.25) is 0 Å². The Labute approximate surface area is 107 Å². The molecule has 1 saturated heterocycles. The number of ether oxygens (including phenoxy) is 2. The molecule has 1 heterocycles. The number of esters is 1. The van der Waals surface area contributed by atoms with Crippen molar-refractivity contribution in [3.05, 3.63) is 35.4 Å². The molecule has 0 amide bonds. The van der Waals surface area contributed by atoms with Gasteiger partial charge in [-0.1, -0.05) is 12.1 Å². The molecule has 0 unspecified atom stereocenters. The number of methoxy groups -OCH3 is 1. The van der Waals surface area contributed by atoms with Gasteiger partial charge in [-0.2, -0.15) is 0 Å². The first-order chi connectivity index (χ1) is 7.81. The lowest BCUT2D eigenvalue weighted by atomic mass is 10.0. The van der Waals surface area contributed by atoms with Crippen LogP contribution in [0.4, 0.5) is 0 Å². The van der Waals surface area contributed by atoms with Crippen molar-refractivity contribution in [2.75, 3.05) is 26.9 Å². The number of halogens is 1. The molecule has 0 bridgehead atoms. The van der Waals surface area contributed by atoms with Crippen molar-refractivity contribution in [2.24, 2.45) is 0 Å². The number of nitrogens with one attached hydrogen (secondary N) is 1. The lowest BCUT2D eigenvalue weighted by Crippen LogP contribution is -2.34. The third kappa shape index (κ3) is 3.43. The molecular weight excluding hydrogens is 242 g/mol. The van der Waals surface area contributed by atoms with Crippen molar-refractivity contribution in [2.45, 2.75) is 6.04 Å². The monoisotopic (exact) mass is 257 g/mol. The number of carbonyl (C=O) groups excluding carboxylic acids is 1. The molecule has 4 nitrogen and oxygen atoms in total. The Bertz CT molecular complexity index is 378. The van der Waals surface area contributed by atoms with Crippen LogP contribution in [0.3, 0.4) is 0 Å². The van der Waals surface area contributed by atoms with Crippen LogP contribution < -0.4 is 5.32 Å². The maximum absolute atomic E-state index is 11.4. The number of carbonyl (C=O) groups is 1. The maximum Gasteiger partial charge on any atom is 0.337 e. The zero-order chi connectivity index (χ0) is 11.4. The average Bonchev–Trinajstić information content (AvgIpc) is 2.39. The predicted molar refractivity (Wildman–Crippen MR) is 66.6 cm³/mol. The van der Waals surface area contributed by atoms with E-state index in [0.717, 1.165) is 18.7 Å². The van der Waals surface area contributed by atoms with Gasteiger partial charge in [-0.3, -0.25) is 0 Å². The molecule has 1 atom stereocenters. The van der Waals surface area contributed by atoms with Gasteiger partial charge in [0, 0.05) is 6.54 Å². The quantitative estimate of drug-likeness (QED) is 0.817. The second-order valence-electron chi connectivity index (χ2n) is 3.70. The summed E-state index contributed by atoms with van der Waals surface area (Å²) in [6.45, 7) is 2.23. The highest BCUT2D eigenvalue weighted by Gasteiger charge is 2.16. The van der Waals surface area contributed by atoms with Crippen LogP contribution in [0, 0.1) is 0 Å². The molecule has 1 aromatic carbocycles. The molecule has 0 radical (unpaired) electrons. The molecule has 2 rings (SSSR count). The fourth-order valence-corrected chi connectivity index (χ4v) is 1.78. The molecule has 0 saturated carbocycles. The highest BCUT2D eigenvalue weighted by atomic mass is 35.5. The van der Waals surface area contributed by atoms with E-state index in [1.807, 2.05) is 18.2 Å². The third-order valence-electron chi connectivity index (χ3n) is 2.63. The van der Waals surface area contributed by atoms with Crippen LogP contribution in [-0.2, 0) is 9.47 Å². The molecule has 1 N–H and O–H groups in total. The Morgan fingerprint density at radius 3 is 3.00 bits per heavy atom. The number of rotatable bonds is 2. The van der Waals surface area contributed by atoms with Crippen molar-refractivity contribution < 1.29 is 14.3 Å². The van der Waals surface area contributed by atoms with Crippen LogP contribution in [0.15, 0.2) is 24.3 Å². The third-order valence-corrected chi connectivity index (χ3v) is 2.63. The van der Waals surface area contributed by atoms with Crippen LogP contribution in [0.5, 0.6) is 0 Å². The first-order valence-electron chi connectivity index (χ1n) is 5.30. The molecule has 17 heavy (non-hydrogen) atoms. The van der Waals surface area contributed by atoms with E-state index >= 15 is 0 Å². The topological polar surface area (TPSA) is 47.6 Å². The van der Waals surface area contributed by atoms with Crippen LogP contribution in [-0.4, -0.2) is 32.8 Å². The highest BCUT2D eigenvalue weighted by Crippen LogP contribution is 2.17. The standard InChI is InChI=1S/C12H15NO3.ClH/c1-15-12(14)10-4-2-3-9(7-10)11-8-16-6-5-13-11;/h2-4,7,11,13H,5-6,8H2,1H3;1H/t11-;/m0./s1. The first kappa shape index (κ1) is 14.0. The Morgan fingerprint density at radius 1 is 1.53 bits per heavy atom. The minimum absolute atomic E-state index is 0. The molecule has 0 aromatic heterocycles. The Hall–Kier alpha value is -1.10. The Balaban J connectivity index is 0.00000144. The van der Waals surface area contributed by atoms with Gasteiger partial charge in [-0.25, -0.2) is 4.79 Å². The smallest absolute Gasteiger partial charge is 0.337 e. The zero-order valence-corrected chi connectivity index (χ0v) is 10.5. The summed E-state index contributed by atoms with van der Waals surface area (Å²) in [6, 6.07) is 7.60. The van der Waals surface area contributed by atoms with E-state index in [2.05, 4.69) is 10.1 Å². The van der Waals surface area contributed by atoms with Crippen molar-refractivity contribution in [3.8, 4) is 0 Å². The van der Waals surface area contributed by atoms with E-state index in [1.54, 1.807) is 6.07 Å². The molecule has 1 aromatic rings. The summed E-state index contributed by atoms with van der Waals surface area (Å²) in [4.78, 5) is 11.4. The molecule has 5 heteroatoms. The van der Waals surface area contributed by atoms with Gasteiger partial charge in [-0.05, 0) is 17.7 Å². The molecule has 94 valence electrons. The van der Waals surface area contributed by atoms with Gasteiger partial charge in [0.15, 0.2) is 0 Å². The number of benzene rings is 1. The number of hydrogen-bond acceptors (Lipinski definition) is 4. The van der Waals surface area contributed by atoms with Gasteiger partial charge in [0.25, 0.3) is 0 Å². The summed E-state index contributed by atoms with van der Waals surface area (Å²) in [5, 5.41) is 3.34. The highest BCUT2D eigenvalue weighted by molar-refractivity contribution is 5.89. The van der Waals surface area contributed by atoms with Crippen LogP contribution >= 0.6 is 12.4 Å². The van der Waals surface area contributed by atoms with E-state index in [9.17, 15) is 4.79 Å². The first-order valence-corrected chi connectivity index (χ1v) is 5.30. The summed E-state index contributed by atoms with van der Waals surface area (Å²) in [5.74, 6) is -0.307. The number of hydrogen-bond donors (Lipinski definition) is 1. The summed E-state index contributed by atoms with van der Waals surface area (Å²) < 4.78 is 10.1. The second-order valence-corrected chi connectivity index (χ2v) is 3.70. The average molecular weight is 258 g/mol. The summed E-state index contributed by atoms with van der Waals surface area (Å²) >= 11 is 0. The van der Waals surface area contributed by atoms with E-state index < -0.39 is 0 Å². The summed E-state index contributed by atoms with van der Waals surface area (Å²) in [6.07, 6.45) is 0. The Morgan fingerprint density at radius 2 is 2.35 bits per heavy atom. The minimum atomic E-state index is -0.307. The molecular formula is C12H16ClNO3. The maximum atomic E-state index is 11.4. The van der Waals surface area contributed by atoms with Crippen LogP contribution in [0.1, 0.15) is 22.0 Å². The van der Waals surface area contributed by atoms with Gasteiger partial charge in [0.2, 0.25) is 0 Å². The van der Waals surface area contributed by atoms with E-state index in [4.69, 9.17) is 4.74 Å². The van der Waals surface area contributed by atoms with E-state index in [-0.39, 0.29) is 24.4 Å².